The van der Waals surface area contributed by atoms with E-state index in [0.29, 0.717) is 11.3 Å². The first-order valence-corrected chi connectivity index (χ1v) is 10.3. The number of sulfonamides is 2. The number of pyridine rings is 1. The molecule has 2 aromatic heterocycles. The maximum atomic E-state index is 13.1. The van der Waals surface area contributed by atoms with Gasteiger partial charge in [-0.05, 0) is 26.8 Å². The van der Waals surface area contributed by atoms with Gasteiger partial charge in [0.15, 0.2) is 9.34 Å². The molecule has 0 aliphatic carbocycles. The van der Waals surface area contributed by atoms with Gasteiger partial charge in [0.05, 0.1) is 12.4 Å². The summed E-state index contributed by atoms with van der Waals surface area (Å²) in [4.78, 5) is 6.81. The van der Waals surface area contributed by atoms with Crippen LogP contribution in [0.15, 0.2) is 33.8 Å². The van der Waals surface area contributed by atoms with Gasteiger partial charge in [-0.1, -0.05) is 11.3 Å². The maximum Gasteiger partial charge on any atom is 0.265 e. The van der Waals surface area contributed by atoms with Crippen LogP contribution in [-0.4, -0.2) is 32.3 Å². The molecule has 2 heterocycles. The predicted molar refractivity (Wildman–Crippen MR) is 87.2 cm³/mol. The molecule has 0 atom stereocenters. The van der Waals surface area contributed by atoms with E-state index in [-0.39, 0.29) is 9.34 Å². The standard InChI is InChI=1S/C12H15FN4O4S3/c1-12(2,3)17-24(20,21)10-7-15-11(22-10)16-23(18,19)9-4-8(13)5-14-6-9/h4-7,17H,1-3H3,(H,15,16). The van der Waals surface area contributed by atoms with Crippen LogP contribution in [0.25, 0.3) is 0 Å². The fourth-order valence-corrected chi connectivity index (χ4v) is 5.26. The number of hydrogen-bond acceptors (Lipinski definition) is 7. The van der Waals surface area contributed by atoms with Crippen LogP contribution < -0.4 is 9.44 Å². The lowest BCUT2D eigenvalue weighted by molar-refractivity contribution is 0.492. The van der Waals surface area contributed by atoms with Gasteiger partial charge in [0.25, 0.3) is 20.0 Å². The maximum absolute atomic E-state index is 13.1. The van der Waals surface area contributed by atoms with Gasteiger partial charge in [-0.2, -0.15) is 0 Å². The lowest BCUT2D eigenvalue weighted by Crippen LogP contribution is -2.40. The third-order valence-corrected chi connectivity index (χ3v) is 6.97. The molecular formula is C12H15FN4O4S3. The molecule has 0 saturated carbocycles. The Bertz CT molecular complexity index is 949. The number of nitrogens with one attached hydrogen (secondary N) is 2. The van der Waals surface area contributed by atoms with Gasteiger partial charge in [-0.25, -0.2) is 30.9 Å². The molecule has 0 saturated heterocycles. The quantitative estimate of drug-likeness (QED) is 0.794. The van der Waals surface area contributed by atoms with Gasteiger partial charge in [0.1, 0.15) is 10.7 Å². The van der Waals surface area contributed by atoms with Crippen molar-refractivity contribution in [1.29, 1.82) is 0 Å². The topological polar surface area (TPSA) is 118 Å². The summed E-state index contributed by atoms with van der Waals surface area (Å²) < 4.78 is 66.1. The van der Waals surface area contributed by atoms with E-state index in [1.807, 2.05) is 0 Å². The van der Waals surface area contributed by atoms with Crippen molar-refractivity contribution in [3.8, 4) is 0 Å². The van der Waals surface area contributed by atoms with Crippen molar-refractivity contribution in [2.45, 2.75) is 35.4 Å². The molecule has 0 unspecified atom stereocenters. The molecule has 0 fully saturated rings. The Kier molecular flexibility index (Phi) is 4.95. The summed E-state index contributed by atoms with van der Waals surface area (Å²) >= 11 is 0.640. The highest BCUT2D eigenvalue weighted by Gasteiger charge is 2.25. The molecule has 24 heavy (non-hydrogen) atoms. The number of nitrogens with zero attached hydrogens (tertiary/aromatic N) is 2. The monoisotopic (exact) mass is 394 g/mol. The van der Waals surface area contributed by atoms with E-state index < -0.39 is 36.3 Å². The summed E-state index contributed by atoms with van der Waals surface area (Å²) in [5.41, 5.74) is -0.699. The van der Waals surface area contributed by atoms with Crippen LogP contribution in [-0.2, 0) is 20.0 Å². The number of halogens is 1. The van der Waals surface area contributed by atoms with Crippen LogP contribution in [0.5, 0.6) is 0 Å². The van der Waals surface area contributed by atoms with Gasteiger partial charge in [0, 0.05) is 11.7 Å². The highest BCUT2D eigenvalue weighted by atomic mass is 32.2. The third-order valence-electron chi connectivity index (χ3n) is 2.40. The zero-order chi connectivity index (χ0) is 18.2. The van der Waals surface area contributed by atoms with Crippen molar-refractivity contribution in [1.82, 2.24) is 14.7 Å². The normalized spacial score (nSPS) is 13.0. The average Bonchev–Trinajstić information content (AvgIpc) is 2.84. The molecular weight excluding hydrogens is 379 g/mol. The molecule has 0 spiro atoms. The number of rotatable bonds is 5. The molecule has 132 valence electrons. The molecule has 0 aliphatic rings. The van der Waals surface area contributed by atoms with Crippen LogP contribution in [0.1, 0.15) is 20.8 Å². The molecule has 2 rings (SSSR count). The van der Waals surface area contributed by atoms with E-state index in [2.05, 4.69) is 19.4 Å². The van der Waals surface area contributed by atoms with Crippen LogP contribution in [0, 0.1) is 5.82 Å². The first-order valence-electron chi connectivity index (χ1n) is 6.52. The number of anilines is 1. The number of hydrogen-bond donors (Lipinski definition) is 2. The zero-order valence-electron chi connectivity index (χ0n) is 12.9. The van der Waals surface area contributed by atoms with E-state index in [1.54, 1.807) is 20.8 Å². The fourth-order valence-electron chi connectivity index (χ4n) is 1.60. The van der Waals surface area contributed by atoms with Crippen molar-refractivity contribution < 1.29 is 21.2 Å². The van der Waals surface area contributed by atoms with Crippen LogP contribution >= 0.6 is 11.3 Å². The van der Waals surface area contributed by atoms with Gasteiger partial charge in [-0.3, -0.25) is 9.71 Å². The Morgan fingerprint density at radius 1 is 1.08 bits per heavy atom. The molecule has 2 aromatic rings. The molecule has 2 N–H and O–H groups in total. The Hall–Kier alpha value is -1.63. The SMILES string of the molecule is CC(C)(C)NS(=O)(=O)c1cnc(NS(=O)(=O)c2cncc(F)c2)s1. The molecule has 0 aliphatic heterocycles. The van der Waals surface area contributed by atoms with Crippen LogP contribution in [0.3, 0.4) is 0 Å². The van der Waals surface area contributed by atoms with Crippen LogP contribution in [0.2, 0.25) is 0 Å². The van der Waals surface area contributed by atoms with Crippen molar-refractivity contribution in [2.24, 2.45) is 0 Å². The molecule has 12 heteroatoms. The largest absolute Gasteiger partial charge is 0.265 e. The smallest absolute Gasteiger partial charge is 0.260 e. The van der Waals surface area contributed by atoms with E-state index in [9.17, 15) is 21.2 Å². The summed E-state index contributed by atoms with van der Waals surface area (Å²) in [6, 6.07) is 0.793. The Morgan fingerprint density at radius 2 is 1.75 bits per heavy atom. The molecule has 0 amide bonds. The molecule has 0 aromatic carbocycles. The lowest BCUT2D eigenvalue weighted by atomic mass is 10.1. The fraction of sp³-hybridized carbons (Fsp3) is 0.333. The lowest BCUT2D eigenvalue weighted by Gasteiger charge is -2.19. The van der Waals surface area contributed by atoms with Crippen molar-refractivity contribution in [3.05, 3.63) is 30.5 Å². The summed E-state index contributed by atoms with van der Waals surface area (Å²) in [7, 11) is -7.95. The Morgan fingerprint density at radius 3 is 2.33 bits per heavy atom. The predicted octanol–water partition coefficient (Wildman–Crippen LogP) is 1.55. The van der Waals surface area contributed by atoms with Gasteiger partial charge < -0.3 is 0 Å². The molecule has 8 nitrogen and oxygen atoms in total. The van der Waals surface area contributed by atoms with Crippen LogP contribution in [0.4, 0.5) is 9.52 Å². The molecule has 0 bridgehead atoms. The zero-order valence-corrected chi connectivity index (χ0v) is 15.4. The third kappa shape index (κ3) is 4.69. The number of aromatic nitrogens is 2. The molecule has 0 radical (unpaired) electrons. The van der Waals surface area contributed by atoms with Crippen molar-refractivity contribution >= 4 is 36.5 Å². The number of thiazole rings is 1. The summed E-state index contributed by atoms with van der Waals surface area (Å²) in [5, 5.41) is -0.159. The van der Waals surface area contributed by atoms with Gasteiger partial charge in [-0.15, -0.1) is 0 Å². The minimum atomic E-state index is -4.12. The summed E-state index contributed by atoms with van der Waals surface area (Å²) in [6.07, 6.45) is 2.88. The van der Waals surface area contributed by atoms with E-state index in [4.69, 9.17) is 0 Å². The second-order valence-corrected chi connectivity index (χ2v) is 10.4. The van der Waals surface area contributed by atoms with E-state index in [0.717, 1.165) is 24.7 Å². The first-order chi connectivity index (χ1) is 10.9. The van der Waals surface area contributed by atoms with Crippen molar-refractivity contribution in [3.63, 3.8) is 0 Å². The minimum absolute atomic E-state index is 0.146. The van der Waals surface area contributed by atoms with E-state index >= 15 is 0 Å². The van der Waals surface area contributed by atoms with Gasteiger partial charge in [0.2, 0.25) is 0 Å². The van der Waals surface area contributed by atoms with Crippen molar-refractivity contribution in [2.75, 3.05) is 4.72 Å². The highest BCUT2D eigenvalue weighted by Crippen LogP contribution is 2.26. The average molecular weight is 394 g/mol. The second-order valence-electron chi connectivity index (χ2n) is 5.78. The second kappa shape index (κ2) is 6.35. The Labute approximate surface area is 143 Å². The van der Waals surface area contributed by atoms with E-state index in [1.165, 1.54) is 0 Å². The van der Waals surface area contributed by atoms with Gasteiger partial charge >= 0.3 is 0 Å². The highest BCUT2D eigenvalue weighted by molar-refractivity contribution is 7.93. The Balaban J connectivity index is 2.26. The first kappa shape index (κ1) is 18.7. The summed E-state index contributed by atoms with van der Waals surface area (Å²) in [5.74, 6) is -0.811. The summed E-state index contributed by atoms with van der Waals surface area (Å²) in [6.45, 7) is 5.02. The minimum Gasteiger partial charge on any atom is -0.260 e.